The lowest BCUT2D eigenvalue weighted by Gasteiger charge is -2.41. The predicted molar refractivity (Wildman–Crippen MR) is 103 cm³/mol. The number of fused-ring (bicyclic) bond motifs is 1. The van der Waals surface area contributed by atoms with Crippen LogP contribution in [0.5, 0.6) is 0 Å². The highest BCUT2D eigenvalue weighted by Crippen LogP contribution is 2.19. The molecule has 0 unspecified atom stereocenters. The van der Waals surface area contributed by atoms with Crippen LogP contribution < -0.4 is 10.9 Å². The number of piperidine rings is 1. The van der Waals surface area contributed by atoms with Crippen molar-refractivity contribution in [1.29, 1.82) is 0 Å². The molecule has 3 rings (SSSR count). The number of hydrogen-bond acceptors (Lipinski definition) is 4. The number of amides is 1. The first-order chi connectivity index (χ1) is 12.5. The Morgan fingerprint density at radius 2 is 1.92 bits per heavy atom. The molecule has 0 saturated carbocycles. The number of benzene rings is 1. The normalized spacial score (nSPS) is 15.9. The number of likely N-dealkylation sites (tertiary alicyclic amines) is 1. The van der Waals surface area contributed by atoms with Crippen LogP contribution in [0.1, 0.15) is 39.5 Å². The Kier molecular flexibility index (Phi) is 5.71. The third-order valence-corrected chi connectivity index (χ3v) is 5.24. The van der Waals surface area contributed by atoms with Crippen LogP contribution in [-0.2, 0) is 11.3 Å². The van der Waals surface area contributed by atoms with E-state index in [-0.39, 0.29) is 23.4 Å². The molecule has 140 valence electrons. The average Bonchev–Trinajstić information content (AvgIpc) is 2.67. The molecule has 0 atom stereocenters. The van der Waals surface area contributed by atoms with Gasteiger partial charge in [0, 0.05) is 25.0 Å². The summed E-state index contributed by atoms with van der Waals surface area (Å²) in [5.74, 6) is -0.0323. The summed E-state index contributed by atoms with van der Waals surface area (Å²) in [6, 6.07) is 7.26. The molecule has 6 nitrogen and oxygen atoms in total. The van der Waals surface area contributed by atoms with Crippen molar-refractivity contribution >= 4 is 16.8 Å². The number of aromatic nitrogens is 2. The van der Waals surface area contributed by atoms with Crippen LogP contribution >= 0.6 is 0 Å². The van der Waals surface area contributed by atoms with Gasteiger partial charge in [-0.2, -0.15) is 0 Å². The molecule has 0 bridgehead atoms. The Hall–Kier alpha value is -2.21. The fraction of sp³-hybridized carbons (Fsp3) is 0.550. The van der Waals surface area contributed by atoms with Crippen LogP contribution in [0.3, 0.4) is 0 Å². The van der Waals surface area contributed by atoms with Crippen LogP contribution in [0, 0.1) is 0 Å². The van der Waals surface area contributed by atoms with Gasteiger partial charge in [-0.3, -0.25) is 19.1 Å². The van der Waals surface area contributed by atoms with Crippen LogP contribution in [0.15, 0.2) is 35.4 Å². The minimum Gasteiger partial charge on any atom is -0.354 e. The molecular formula is C20H28N4O2. The summed E-state index contributed by atoms with van der Waals surface area (Å²) in [7, 11) is 0. The summed E-state index contributed by atoms with van der Waals surface area (Å²) in [5.41, 5.74) is 0.538. The highest BCUT2D eigenvalue weighted by Gasteiger charge is 2.28. The standard InChI is InChI=1S/C20H28N4O2/c1-20(2,24-11-6-3-7-12-24)14-21-18(25)10-13-23-15-22-17-9-5-4-8-16(17)19(23)26/h4-5,8-9,15H,3,6-7,10-14H2,1-2H3,(H,21,25). The third-order valence-electron chi connectivity index (χ3n) is 5.24. The molecule has 26 heavy (non-hydrogen) atoms. The maximum atomic E-state index is 12.4. The Balaban J connectivity index is 1.54. The van der Waals surface area contributed by atoms with E-state index >= 15 is 0 Å². The highest BCUT2D eigenvalue weighted by molar-refractivity contribution is 5.77. The Labute approximate surface area is 154 Å². The number of nitrogens with zero attached hydrogens (tertiary/aromatic N) is 3. The first kappa shape index (κ1) is 18.6. The zero-order valence-corrected chi connectivity index (χ0v) is 15.7. The fourth-order valence-corrected chi connectivity index (χ4v) is 3.50. The van der Waals surface area contributed by atoms with Gasteiger partial charge in [0.15, 0.2) is 0 Å². The van der Waals surface area contributed by atoms with E-state index < -0.39 is 0 Å². The summed E-state index contributed by atoms with van der Waals surface area (Å²) in [6.07, 6.45) is 5.56. The lowest BCUT2D eigenvalue weighted by Crippen LogP contribution is -2.53. The molecule has 6 heteroatoms. The molecule has 0 spiro atoms. The fourth-order valence-electron chi connectivity index (χ4n) is 3.50. The summed E-state index contributed by atoms with van der Waals surface area (Å²) < 4.78 is 1.51. The van der Waals surface area contributed by atoms with E-state index in [1.165, 1.54) is 30.2 Å². The van der Waals surface area contributed by atoms with E-state index in [0.29, 0.717) is 24.0 Å². The minimum atomic E-state index is -0.1000. The zero-order chi connectivity index (χ0) is 18.6. The van der Waals surface area contributed by atoms with E-state index in [1.54, 1.807) is 6.07 Å². The van der Waals surface area contributed by atoms with Crippen molar-refractivity contribution in [3.05, 3.63) is 40.9 Å². The Bertz CT molecular complexity index is 822. The molecule has 1 fully saturated rings. The second kappa shape index (κ2) is 7.99. The van der Waals surface area contributed by atoms with Gasteiger partial charge in [0.1, 0.15) is 0 Å². The number of aryl methyl sites for hydroxylation is 1. The van der Waals surface area contributed by atoms with Crippen molar-refractivity contribution in [3.63, 3.8) is 0 Å². The maximum absolute atomic E-state index is 12.4. The van der Waals surface area contributed by atoms with Crippen molar-refractivity contribution in [3.8, 4) is 0 Å². The van der Waals surface area contributed by atoms with Gasteiger partial charge in [0.2, 0.25) is 5.91 Å². The number of carbonyl (C=O) groups is 1. The molecule has 2 aromatic rings. The number of nitrogens with one attached hydrogen (secondary N) is 1. The maximum Gasteiger partial charge on any atom is 0.261 e. The van der Waals surface area contributed by atoms with Crippen molar-refractivity contribution in [2.75, 3.05) is 19.6 Å². The van der Waals surface area contributed by atoms with Gasteiger partial charge in [-0.05, 0) is 51.9 Å². The van der Waals surface area contributed by atoms with Crippen LogP contribution in [0.4, 0.5) is 0 Å². The molecule has 1 N–H and O–H groups in total. The monoisotopic (exact) mass is 356 g/mol. The lowest BCUT2D eigenvalue weighted by molar-refractivity contribution is -0.122. The van der Waals surface area contributed by atoms with Crippen molar-refractivity contribution in [2.24, 2.45) is 0 Å². The summed E-state index contributed by atoms with van der Waals surface area (Å²) >= 11 is 0. The third kappa shape index (κ3) is 4.30. The number of hydrogen-bond donors (Lipinski definition) is 1. The zero-order valence-electron chi connectivity index (χ0n) is 15.7. The van der Waals surface area contributed by atoms with E-state index in [9.17, 15) is 9.59 Å². The minimum absolute atomic E-state index is 0.0323. The Morgan fingerprint density at radius 1 is 1.19 bits per heavy atom. The molecule has 2 heterocycles. The summed E-state index contributed by atoms with van der Waals surface area (Å²) in [6.45, 7) is 7.51. The molecule has 0 aliphatic carbocycles. The molecule has 1 aromatic heterocycles. The van der Waals surface area contributed by atoms with E-state index in [0.717, 1.165) is 13.1 Å². The van der Waals surface area contributed by atoms with Crippen molar-refractivity contribution in [2.45, 2.75) is 51.6 Å². The highest BCUT2D eigenvalue weighted by atomic mass is 16.2. The topological polar surface area (TPSA) is 67.2 Å². The van der Waals surface area contributed by atoms with Gasteiger partial charge in [-0.1, -0.05) is 18.6 Å². The van der Waals surface area contributed by atoms with Gasteiger partial charge in [0.05, 0.1) is 17.2 Å². The number of rotatable bonds is 6. The van der Waals surface area contributed by atoms with E-state index in [1.807, 2.05) is 18.2 Å². The van der Waals surface area contributed by atoms with Gasteiger partial charge in [-0.25, -0.2) is 4.98 Å². The Morgan fingerprint density at radius 3 is 2.69 bits per heavy atom. The van der Waals surface area contributed by atoms with Gasteiger partial charge < -0.3 is 5.32 Å². The SMILES string of the molecule is CC(C)(CNC(=O)CCn1cnc2ccccc2c1=O)N1CCCCC1. The van der Waals surface area contributed by atoms with Crippen LogP contribution in [0.25, 0.3) is 10.9 Å². The predicted octanol–water partition coefficient (Wildman–Crippen LogP) is 2.17. The van der Waals surface area contributed by atoms with Crippen LogP contribution in [0.2, 0.25) is 0 Å². The lowest BCUT2D eigenvalue weighted by atomic mass is 9.98. The van der Waals surface area contributed by atoms with Gasteiger partial charge in [-0.15, -0.1) is 0 Å². The number of carbonyl (C=O) groups excluding carboxylic acids is 1. The average molecular weight is 356 g/mol. The molecular weight excluding hydrogens is 328 g/mol. The first-order valence-electron chi connectivity index (χ1n) is 9.43. The van der Waals surface area contributed by atoms with Gasteiger partial charge >= 0.3 is 0 Å². The van der Waals surface area contributed by atoms with Gasteiger partial charge in [0.25, 0.3) is 5.56 Å². The van der Waals surface area contributed by atoms with E-state index in [2.05, 4.69) is 29.0 Å². The first-order valence-corrected chi connectivity index (χ1v) is 9.43. The second-order valence-electron chi connectivity index (χ2n) is 7.65. The molecule has 1 aliphatic heterocycles. The number of para-hydroxylation sites is 1. The molecule has 1 aromatic carbocycles. The van der Waals surface area contributed by atoms with Crippen LogP contribution in [-0.4, -0.2) is 45.5 Å². The summed E-state index contributed by atoms with van der Waals surface area (Å²) in [5, 5.41) is 3.62. The van der Waals surface area contributed by atoms with Crippen molar-refractivity contribution < 1.29 is 4.79 Å². The molecule has 1 saturated heterocycles. The largest absolute Gasteiger partial charge is 0.354 e. The molecule has 0 radical (unpaired) electrons. The van der Waals surface area contributed by atoms with E-state index in [4.69, 9.17) is 0 Å². The van der Waals surface area contributed by atoms with Crippen molar-refractivity contribution in [1.82, 2.24) is 19.8 Å². The second-order valence-corrected chi connectivity index (χ2v) is 7.65. The summed E-state index contributed by atoms with van der Waals surface area (Å²) in [4.78, 5) is 31.4. The molecule has 1 aliphatic rings. The smallest absolute Gasteiger partial charge is 0.261 e. The molecule has 1 amide bonds. The quantitative estimate of drug-likeness (QED) is 0.861.